The largest absolute Gasteiger partial charge is 0.390 e. The third-order valence-corrected chi connectivity index (χ3v) is 16.7. The van der Waals surface area contributed by atoms with Crippen molar-refractivity contribution < 1.29 is 57.8 Å². The molecule has 0 bridgehead atoms. The monoisotopic (exact) mass is 1220 g/mol. The summed E-state index contributed by atoms with van der Waals surface area (Å²) in [6.45, 7) is 29.5. The zero-order chi connectivity index (χ0) is 66.7. The Morgan fingerprint density at radius 1 is 0.477 bits per heavy atom. The summed E-state index contributed by atoms with van der Waals surface area (Å²) in [6.07, 6.45) is 3.71. The number of aliphatic hydroxyl groups excluding tert-OH is 1. The first kappa shape index (κ1) is 77.9. The molecule has 0 radical (unpaired) electrons. The van der Waals surface area contributed by atoms with Crippen LogP contribution in [0.1, 0.15) is 163 Å². The Kier molecular flexibility index (Phi) is 32.3. The Balaban J connectivity index is 4.34. The van der Waals surface area contributed by atoms with E-state index in [9.17, 15) is 48.3 Å². The predicted molar refractivity (Wildman–Crippen MR) is 333 cm³/mol. The Hall–Kier alpha value is -6.13. The van der Waals surface area contributed by atoms with Gasteiger partial charge < -0.3 is 60.7 Å². The van der Waals surface area contributed by atoms with E-state index in [0.717, 1.165) is 9.80 Å². The number of carbonyl (C=O) groups excluding carboxylic acids is 11. The molecule has 1 saturated heterocycles. The molecule has 1 rings (SSSR count). The quantitative estimate of drug-likeness (QED) is 0.139. The topological polar surface area (TPSA) is 279 Å². The summed E-state index contributed by atoms with van der Waals surface area (Å²) in [4.78, 5) is 169. The van der Waals surface area contributed by atoms with Crippen LogP contribution in [-0.2, 0) is 52.7 Å². The van der Waals surface area contributed by atoms with Crippen molar-refractivity contribution in [1.82, 2.24) is 55.6 Å². The summed E-state index contributed by atoms with van der Waals surface area (Å²) in [5.74, 6) is -9.63. The van der Waals surface area contributed by atoms with Crippen LogP contribution >= 0.6 is 0 Å². The van der Waals surface area contributed by atoms with Crippen LogP contribution in [0.5, 0.6) is 0 Å². The Labute approximate surface area is 515 Å². The zero-order valence-corrected chi connectivity index (χ0v) is 56.8. The van der Waals surface area contributed by atoms with E-state index in [1.165, 1.54) is 87.7 Å². The van der Waals surface area contributed by atoms with Crippen LogP contribution in [0, 0.1) is 41.4 Å². The van der Waals surface area contributed by atoms with Crippen molar-refractivity contribution in [2.75, 3.05) is 55.9 Å². The van der Waals surface area contributed by atoms with Gasteiger partial charge in [0.25, 0.3) is 0 Å². The number of allylic oxidation sites excluding steroid dienone is 2. The Morgan fingerprint density at radius 3 is 1.38 bits per heavy atom. The molecule has 23 heteroatoms. The number of likely N-dealkylation sites (N-methyl/N-ethyl adjacent to an activating group) is 7. The van der Waals surface area contributed by atoms with Gasteiger partial charge in [0.2, 0.25) is 65.0 Å². The minimum Gasteiger partial charge on any atom is -0.390 e. The van der Waals surface area contributed by atoms with Crippen molar-refractivity contribution in [2.45, 2.75) is 229 Å². The molecule has 0 spiro atoms. The first-order valence-corrected chi connectivity index (χ1v) is 31.1. The lowest BCUT2D eigenvalue weighted by Gasteiger charge is -2.41. The Morgan fingerprint density at radius 2 is 0.919 bits per heavy atom. The number of amides is 11. The molecule has 0 aliphatic carbocycles. The molecule has 5 N–H and O–H groups in total. The normalized spacial score (nSPS) is 27.0. The Bertz CT molecular complexity index is 2350. The van der Waals surface area contributed by atoms with Crippen molar-refractivity contribution in [3.8, 4) is 0 Å². The average molecular weight is 1220 g/mol. The minimum atomic E-state index is -1.61. The van der Waals surface area contributed by atoms with Gasteiger partial charge in [-0.05, 0) is 101 Å². The molecule has 0 aromatic carbocycles. The van der Waals surface area contributed by atoms with Gasteiger partial charge in [-0.2, -0.15) is 0 Å². The van der Waals surface area contributed by atoms with Gasteiger partial charge in [-0.25, -0.2) is 0 Å². The SMILES string of the molecule is C/C=C/C[C@@H](C)[C@@H](O)[C@H]1C(=O)N[C@@H](CC)C(=O)N(C)CC(=O)N(C)[C@@H](C[C@H](C)CC)C(=O)N[C@@H](C(C)C)C(=O)N(C)[C@@H](CC(C)C)C(=O)N[C@@H](C)C(=O)N[C@H](C)C(=O)N(C)[C@@H](CC(C)C)C(=O)N(C)[C@@H](CC(C)C)C(=O)N(C)[C@@H](C(C)C)C(=O)N1C. The minimum absolute atomic E-state index is 0.0235. The number of nitrogens with zero attached hydrogens (tertiary/aromatic N) is 7. The predicted octanol–water partition coefficient (Wildman–Crippen LogP) is 3.66. The number of rotatable bonds is 16. The summed E-state index contributed by atoms with van der Waals surface area (Å²) in [5.41, 5.74) is 0. The van der Waals surface area contributed by atoms with E-state index >= 15 is 9.59 Å². The van der Waals surface area contributed by atoms with Gasteiger partial charge in [-0.3, -0.25) is 52.7 Å². The molecule has 0 aromatic heterocycles. The molecule has 0 unspecified atom stereocenters. The van der Waals surface area contributed by atoms with Gasteiger partial charge in [0.05, 0.1) is 12.6 Å². The second kappa shape index (κ2) is 35.6. The molecule has 1 aliphatic heterocycles. The highest BCUT2D eigenvalue weighted by Gasteiger charge is 2.46. The van der Waals surface area contributed by atoms with Gasteiger partial charge in [0.1, 0.15) is 60.4 Å². The van der Waals surface area contributed by atoms with E-state index in [4.69, 9.17) is 0 Å². The fourth-order valence-electron chi connectivity index (χ4n) is 10.8. The molecule has 1 fully saturated rings. The summed E-state index contributed by atoms with van der Waals surface area (Å²) in [7, 11) is 9.95. The molecule has 492 valence electrons. The van der Waals surface area contributed by atoms with Gasteiger partial charge in [-0.15, -0.1) is 0 Å². The van der Waals surface area contributed by atoms with Gasteiger partial charge in [0, 0.05) is 49.3 Å². The van der Waals surface area contributed by atoms with E-state index < -0.39 is 156 Å². The van der Waals surface area contributed by atoms with Crippen LogP contribution in [-0.4, -0.2) is 227 Å². The van der Waals surface area contributed by atoms with Crippen LogP contribution in [0.3, 0.4) is 0 Å². The maximum atomic E-state index is 15.1. The number of hydrogen-bond acceptors (Lipinski definition) is 12. The summed E-state index contributed by atoms with van der Waals surface area (Å²) < 4.78 is 0. The molecular formula is C63H113N11O12. The van der Waals surface area contributed by atoms with Crippen molar-refractivity contribution in [2.24, 2.45) is 41.4 Å². The number of aliphatic hydroxyl groups is 1. The highest BCUT2D eigenvalue weighted by Crippen LogP contribution is 2.26. The number of hydrogen-bond donors (Lipinski definition) is 5. The van der Waals surface area contributed by atoms with Crippen molar-refractivity contribution in [3.63, 3.8) is 0 Å². The average Bonchev–Trinajstić information content (AvgIpc) is 1.66. The fourth-order valence-corrected chi connectivity index (χ4v) is 10.8. The second-order valence-corrected chi connectivity index (χ2v) is 26.2. The third-order valence-electron chi connectivity index (χ3n) is 16.7. The van der Waals surface area contributed by atoms with Crippen molar-refractivity contribution >= 4 is 65.0 Å². The van der Waals surface area contributed by atoms with E-state index in [-0.39, 0.29) is 55.8 Å². The first-order chi connectivity index (χ1) is 39.7. The van der Waals surface area contributed by atoms with Crippen molar-refractivity contribution in [3.05, 3.63) is 12.2 Å². The van der Waals surface area contributed by atoms with Gasteiger partial charge >= 0.3 is 0 Å². The number of carbonyl (C=O) groups is 11. The molecule has 0 saturated carbocycles. The van der Waals surface area contributed by atoms with Crippen molar-refractivity contribution in [1.29, 1.82) is 0 Å². The van der Waals surface area contributed by atoms with Crippen LogP contribution < -0.4 is 21.3 Å². The second-order valence-electron chi connectivity index (χ2n) is 26.2. The summed E-state index contributed by atoms with van der Waals surface area (Å²) >= 11 is 0. The molecule has 11 amide bonds. The van der Waals surface area contributed by atoms with Gasteiger partial charge in [0.15, 0.2) is 0 Å². The lowest BCUT2D eigenvalue weighted by molar-refractivity contribution is -0.157. The maximum Gasteiger partial charge on any atom is 0.246 e. The van der Waals surface area contributed by atoms with Crippen LogP contribution in [0.25, 0.3) is 0 Å². The smallest absolute Gasteiger partial charge is 0.246 e. The first-order valence-electron chi connectivity index (χ1n) is 31.1. The van der Waals surface area contributed by atoms with E-state index in [0.29, 0.717) is 12.8 Å². The lowest BCUT2D eigenvalue weighted by Crippen LogP contribution is -2.63. The molecule has 1 heterocycles. The van der Waals surface area contributed by atoms with Crippen LogP contribution in [0.15, 0.2) is 12.2 Å². The number of nitrogens with one attached hydrogen (secondary N) is 4. The fraction of sp³-hybridized carbons (Fsp3) is 0.794. The molecule has 86 heavy (non-hydrogen) atoms. The highest BCUT2D eigenvalue weighted by atomic mass is 16.3. The summed E-state index contributed by atoms with van der Waals surface area (Å²) in [6, 6.07) is -12.3. The highest BCUT2D eigenvalue weighted by molar-refractivity contribution is 5.99. The van der Waals surface area contributed by atoms with E-state index in [2.05, 4.69) is 21.3 Å². The molecule has 13 atom stereocenters. The lowest BCUT2D eigenvalue weighted by atomic mass is 9.91. The standard InChI is InChI=1S/C63H113N11O12/c1-25-28-29-41(15)53(76)52-57(80)66-44(27-3)59(82)68(18)34-49(75)69(19)46(33-40(14)26-2)56(79)67-50(38(10)11)62(85)70(20)45(30-35(4)5)55(78)64-42(16)54(77)65-43(17)58(81)71(21)47(31-36(6)7)60(83)72(22)48(32-37(8)9)61(84)73(23)51(39(12)13)63(86)74(52)24/h25,28,35-48,50-53,76H,26-27,29-34H2,1-24H3,(H,64,78)(H,65,77)(H,66,80)(H,67,79)/b28-25+/t40-,41-,42+,43-,44+,45+,46+,47+,48+,50+,51+,52+,53-/m1/s1. The third kappa shape index (κ3) is 21.6. The van der Waals surface area contributed by atoms with Crippen LogP contribution in [0.2, 0.25) is 0 Å². The molecular weight excluding hydrogens is 1100 g/mol. The van der Waals surface area contributed by atoms with E-state index in [1.54, 1.807) is 54.5 Å². The summed E-state index contributed by atoms with van der Waals surface area (Å²) in [5, 5.41) is 23.1. The molecule has 0 aromatic rings. The molecule has 1 aliphatic rings. The van der Waals surface area contributed by atoms with E-state index in [1.807, 2.05) is 61.5 Å². The van der Waals surface area contributed by atoms with Crippen LogP contribution in [0.4, 0.5) is 0 Å². The van der Waals surface area contributed by atoms with Gasteiger partial charge in [-0.1, -0.05) is 116 Å². The molecule has 23 nitrogen and oxygen atoms in total. The zero-order valence-electron chi connectivity index (χ0n) is 56.8. The maximum absolute atomic E-state index is 15.1.